The highest BCUT2D eigenvalue weighted by molar-refractivity contribution is 7.09. The quantitative estimate of drug-likeness (QED) is 0.908. The number of aliphatic hydroxyl groups excluding tert-OH is 1. The van der Waals surface area contributed by atoms with Crippen LogP contribution in [0.4, 0.5) is 0 Å². The summed E-state index contributed by atoms with van der Waals surface area (Å²) in [6.07, 6.45) is 1.12. The van der Waals surface area contributed by atoms with Crippen LogP contribution in [0.25, 0.3) is 0 Å². The SMILES string of the molecule is CC1CC1c1ccc(C(O)Cc2nc(C(C)(C)C)cs2)o1. The average Bonchev–Trinajstić information content (AvgIpc) is 2.86. The van der Waals surface area contributed by atoms with Crippen LogP contribution in [-0.4, -0.2) is 10.1 Å². The van der Waals surface area contributed by atoms with E-state index in [0.717, 1.165) is 22.4 Å². The van der Waals surface area contributed by atoms with Crippen molar-refractivity contribution in [2.24, 2.45) is 5.92 Å². The number of aliphatic hydroxyl groups is 1. The lowest BCUT2D eigenvalue weighted by molar-refractivity contribution is 0.148. The first kappa shape index (κ1) is 14.8. The molecule has 0 radical (unpaired) electrons. The van der Waals surface area contributed by atoms with Gasteiger partial charge in [0, 0.05) is 23.1 Å². The normalized spacial score (nSPS) is 23.3. The second kappa shape index (κ2) is 5.25. The van der Waals surface area contributed by atoms with Crippen LogP contribution in [0.2, 0.25) is 0 Å². The van der Waals surface area contributed by atoms with Gasteiger partial charge >= 0.3 is 0 Å². The second-order valence-electron chi connectivity index (χ2n) is 7.16. The molecule has 1 aliphatic carbocycles. The maximum absolute atomic E-state index is 10.3. The van der Waals surface area contributed by atoms with Gasteiger partial charge < -0.3 is 9.52 Å². The Morgan fingerprint density at radius 3 is 2.71 bits per heavy atom. The zero-order valence-electron chi connectivity index (χ0n) is 13.1. The number of rotatable bonds is 4. The van der Waals surface area contributed by atoms with E-state index in [1.807, 2.05) is 12.1 Å². The van der Waals surface area contributed by atoms with Gasteiger partial charge in [0.15, 0.2) is 0 Å². The molecule has 1 fully saturated rings. The first-order valence-electron chi connectivity index (χ1n) is 7.57. The zero-order chi connectivity index (χ0) is 15.2. The summed E-state index contributed by atoms with van der Waals surface area (Å²) in [4.78, 5) is 4.63. The van der Waals surface area contributed by atoms with Crippen LogP contribution in [0.15, 0.2) is 21.9 Å². The first-order valence-corrected chi connectivity index (χ1v) is 8.45. The van der Waals surface area contributed by atoms with E-state index in [0.29, 0.717) is 18.1 Å². The molecular weight excluding hydrogens is 282 g/mol. The molecule has 114 valence electrons. The van der Waals surface area contributed by atoms with E-state index in [1.54, 1.807) is 11.3 Å². The molecular formula is C17H23NO2S. The molecule has 1 saturated carbocycles. The van der Waals surface area contributed by atoms with E-state index in [9.17, 15) is 5.11 Å². The summed E-state index contributed by atoms with van der Waals surface area (Å²) >= 11 is 1.61. The average molecular weight is 305 g/mol. The van der Waals surface area contributed by atoms with Gasteiger partial charge in [-0.15, -0.1) is 11.3 Å². The van der Waals surface area contributed by atoms with Crippen LogP contribution in [0.3, 0.4) is 0 Å². The first-order chi connectivity index (χ1) is 9.84. The molecule has 21 heavy (non-hydrogen) atoms. The summed E-state index contributed by atoms with van der Waals surface area (Å²) in [7, 11) is 0. The van der Waals surface area contributed by atoms with Crippen molar-refractivity contribution in [2.45, 2.75) is 58.0 Å². The maximum atomic E-state index is 10.3. The van der Waals surface area contributed by atoms with Crippen molar-refractivity contribution in [3.05, 3.63) is 39.7 Å². The Balaban J connectivity index is 1.67. The van der Waals surface area contributed by atoms with E-state index >= 15 is 0 Å². The van der Waals surface area contributed by atoms with Crippen LogP contribution < -0.4 is 0 Å². The minimum absolute atomic E-state index is 0.0552. The standard InChI is InChI=1S/C17H23NO2S/c1-10-7-11(10)13-5-6-14(20-13)12(19)8-16-18-15(9-21-16)17(2,3)4/h5-6,9-12,19H,7-8H2,1-4H3. The van der Waals surface area contributed by atoms with Crippen LogP contribution in [0, 0.1) is 5.92 Å². The van der Waals surface area contributed by atoms with Crippen molar-refractivity contribution in [3.63, 3.8) is 0 Å². The molecule has 2 aromatic heterocycles. The molecule has 3 atom stereocenters. The molecule has 3 rings (SSSR count). The minimum atomic E-state index is -0.605. The van der Waals surface area contributed by atoms with Gasteiger partial charge in [-0.2, -0.15) is 0 Å². The Kier molecular flexibility index (Phi) is 3.70. The molecule has 3 unspecified atom stereocenters. The third-order valence-corrected chi connectivity index (χ3v) is 5.01. The van der Waals surface area contributed by atoms with Gasteiger partial charge in [0.2, 0.25) is 0 Å². The fraction of sp³-hybridized carbons (Fsp3) is 0.588. The Hall–Kier alpha value is -1.13. The molecule has 0 bridgehead atoms. The summed E-state index contributed by atoms with van der Waals surface area (Å²) in [5, 5.41) is 13.4. The zero-order valence-corrected chi connectivity index (χ0v) is 13.9. The molecule has 1 aliphatic rings. The van der Waals surface area contributed by atoms with Crippen molar-refractivity contribution in [3.8, 4) is 0 Å². The highest BCUT2D eigenvalue weighted by Gasteiger charge is 2.37. The molecule has 0 saturated heterocycles. The van der Waals surface area contributed by atoms with Gasteiger partial charge in [-0.05, 0) is 24.5 Å². The van der Waals surface area contributed by atoms with Crippen LogP contribution in [0.1, 0.15) is 68.4 Å². The molecule has 2 heterocycles. The summed E-state index contributed by atoms with van der Waals surface area (Å²) in [6, 6.07) is 3.92. The molecule has 1 N–H and O–H groups in total. The van der Waals surface area contributed by atoms with E-state index in [-0.39, 0.29) is 5.41 Å². The largest absolute Gasteiger partial charge is 0.463 e. The lowest BCUT2D eigenvalue weighted by atomic mass is 9.93. The summed E-state index contributed by atoms with van der Waals surface area (Å²) in [5.41, 5.74) is 1.14. The molecule has 2 aromatic rings. The highest BCUT2D eigenvalue weighted by atomic mass is 32.1. The van der Waals surface area contributed by atoms with Crippen molar-refractivity contribution >= 4 is 11.3 Å². The Morgan fingerprint density at radius 1 is 1.43 bits per heavy atom. The fourth-order valence-electron chi connectivity index (χ4n) is 2.48. The topological polar surface area (TPSA) is 46.3 Å². The molecule has 0 aromatic carbocycles. The lowest BCUT2D eigenvalue weighted by Crippen LogP contribution is -2.11. The Labute approximate surface area is 130 Å². The number of aromatic nitrogens is 1. The van der Waals surface area contributed by atoms with Gasteiger partial charge in [-0.3, -0.25) is 0 Å². The summed E-state index contributed by atoms with van der Waals surface area (Å²) in [6.45, 7) is 8.68. The van der Waals surface area contributed by atoms with E-state index < -0.39 is 6.10 Å². The fourth-order valence-corrected chi connectivity index (χ4v) is 3.54. The third-order valence-electron chi connectivity index (χ3n) is 4.14. The van der Waals surface area contributed by atoms with E-state index in [4.69, 9.17) is 4.42 Å². The summed E-state index contributed by atoms with van der Waals surface area (Å²) in [5.74, 6) is 2.95. The highest BCUT2D eigenvalue weighted by Crippen LogP contribution is 2.47. The molecule has 0 aliphatic heterocycles. The van der Waals surface area contributed by atoms with E-state index in [1.165, 1.54) is 6.42 Å². The van der Waals surface area contributed by atoms with Crippen LogP contribution in [-0.2, 0) is 11.8 Å². The van der Waals surface area contributed by atoms with Gasteiger partial charge in [0.1, 0.15) is 17.6 Å². The Bertz CT molecular complexity index is 623. The number of hydrogen-bond acceptors (Lipinski definition) is 4. The van der Waals surface area contributed by atoms with Crippen molar-refractivity contribution < 1.29 is 9.52 Å². The van der Waals surface area contributed by atoms with Gasteiger partial charge in [-0.1, -0.05) is 27.7 Å². The monoisotopic (exact) mass is 305 g/mol. The number of nitrogens with zero attached hydrogens (tertiary/aromatic N) is 1. The third kappa shape index (κ3) is 3.22. The predicted octanol–water partition coefficient (Wildman–Crippen LogP) is 4.43. The molecule has 0 spiro atoms. The lowest BCUT2D eigenvalue weighted by Gasteiger charge is -2.14. The van der Waals surface area contributed by atoms with E-state index in [2.05, 4.69) is 38.1 Å². The number of furan rings is 1. The van der Waals surface area contributed by atoms with Gasteiger partial charge in [-0.25, -0.2) is 4.98 Å². The van der Waals surface area contributed by atoms with Crippen molar-refractivity contribution in [2.75, 3.05) is 0 Å². The predicted molar refractivity (Wildman–Crippen MR) is 84.7 cm³/mol. The maximum Gasteiger partial charge on any atom is 0.133 e. The molecule has 0 amide bonds. The second-order valence-corrected chi connectivity index (χ2v) is 8.10. The summed E-state index contributed by atoms with van der Waals surface area (Å²) < 4.78 is 5.81. The van der Waals surface area contributed by atoms with Gasteiger partial charge in [0.25, 0.3) is 0 Å². The molecule has 4 heteroatoms. The van der Waals surface area contributed by atoms with Crippen LogP contribution >= 0.6 is 11.3 Å². The number of hydrogen-bond donors (Lipinski definition) is 1. The Morgan fingerprint density at radius 2 is 2.14 bits per heavy atom. The van der Waals surface area contributed by atoms with Crippen molar-refractivity contribution in [1.29, 1.82) is 0 Å². The van der Waals surface area contributed by atoms with Crippen molar-refractivity contribution in [1.82, 2.24) is 4.98 Å². The van der Waals surface area contributed by atoms with Gasteiger partial charge in [0.05, 0.1) is 10.7 Å². The molecule has 3 nitrogen and oxygen atoms in total. The smallest absolute Gasteiger partial charge is 0.133 e. The number of thiazole rings is 1. The minimum Gasteiger partial charge on any atom is -0.463 e. The van der Waals surface area contributed by atoms with Crippen LogP contribution in [0.5, 0.6) is 0 Å².